The number of hydrogen-bond acceptors (Lipinski definition) is 6. The summed E-state index contributed by atoms with van der Waals surface area (Å²) >= 11 is 1.51. The van der Waals surface area contributed by atoms with E-state index in [9.17, 15) is 9.59 Å². The third-order valence-corrected chi connectivity index (χ3v) is 6.85. The van der Waals surface area contributed by atoms with Crippen LogP contribution in [0.3, 0.4) is 0 Å². The van der Waals surface area contributed by atoms with Crippen LogP contribution < -0.4 is 20.7 Å². The normalized spacial score (nSPS) is 19.3. The van der Waals surface area contributed by atoms with Crippen molar-refractivity contribution in [2.75, 3.05) is 23.7 Å². The van der Waals surface area contributed by atoms with Crippen molar-refractivity contribution in [2.24, 2.45) is 18.9 Å². The number of imidazole rings is 1. The maximum Gasteiger partial charge on any atom is 0.359 e. The van der Waals surface area contributed by atoms with Gasteiger partial charge in [-0.1, -0.05) is 37.7 Å². The summed E-state index contributed by atoms with van der Waals surface area (Å²) in [6, 6.07) is 7.68. The summed E-state index contributed by atoms with van der Waals surface area (Å²) in [5, 5.41) is 0.606. The minimum absolute atomic E-state index is 0.379. The molecule has 0 amide bonds. The van der Waals surface area contributed by atoms with Gasteiger partial charge >= 0.3 is 11.6 Å². The van der Waals surface area contributed by atoms with Crippen LogP contribution in [0.2, 0.25) is 0 Å². The number of nitrogens with zero attached hydrogens (tertiary/aromatic N) is 4. The fourth-order valence-corrected chi connectivity index (χ4v) is 5.48. The van der Waals surface area contributed by atoms with E-state index in [4.69, 9.17) is 4.42 Å². The highest BCUT2D eigenvalue weighted by molar-refractivity contribution is 7.99. The molecule has 0 bridgehead atoms. The molecular weight excluding hydrogens is 428 g/mol. The number of para-hydroxylation sites is 2. The molecule has 32 heavy (non-hydrogen) atoms. The zero-order valence-electron chi connectivity index (χ0n) is 18.4. The van der Waals surface area contributed by atoms with Crippen LogP contribution in [0.4, 0.5) is 5.95 Å². The van der Waals surface area contributed by atoms with E-state index in [0.29, 0.717) is 40.5 Å². The summed E-state index contributed by atoms with van der Waals surface area (Å²) in [7, 11) is 1.67. The van der Waals surface area contributed by atoms with Crippen molar-refractivity contribution in [3.63, 3.8) is 0 Å². The second-order valence-corrected chi connectivity index (χ2v) is 9.81. The molecule has 2 atom stereocenters. The Morgan fingerprint density at radius 1 is 1.19 bits per heavy atom. The average Bonchev–Trinajstić information content (AvgIpc) is 3.33. The van der Waals surface area contributed by atoms with Crippen LogP contribution in [-0.2, 0) is 13.6 Å². The van der Waals surface area contributed by atoms with E-state index < -0.39 is 5.69 Å². The number of oxazole rings is 1. The van der Waals surface area contributed by atoms with Gasteiger partial charge in [-0.05, 0) is 30.4 Å². The molecule has 1 fully saturated rings. The molecule has 4 heterocycles. The Labute approximate surface area is 188 Å². The minimum Gasteiger partial charge on any atom is -0.431 e. The first kappa shape index (κ1) is 20.9. The zero-order chi connectivity index (χ0) is 22.4. The van der Waals surface area contributed by atoms with Crippen LogP contribution in [0.15, 0.2) is 43.5 Å². The maximum absolute atomic E-state index is 12.8. The maximum atomic E-state index is 12.8. The Morgan fingerprint density at radius 2 is 1.94 bits per heavy atom. The highest BCUT2D eigenvalue weighted by Gasteiger charge is 2.33. The molecule has 1 aromatic carbocycles. The molecule has 5 rings (SSSR count). The molecule has 168 valence electrons. The molecule has 2 N–H and O–H groups in total. The largest absolute Gasteiger partial charge is 0.431 e. The van der Waals surface area contributed by atoms with E-state index >= 15 is 0 Å². The van der Waals surface area contributed by atoms with E-state index in [-0.39, 0.29) is 5.56 Å². The van der Waals surface area contributed by atoms with E-state index in [0.717, 1.165) is 30.1 Å². The number of anilines is 1. The molecule has 1 aliphatic heterocycles. The summed E-state index contributed by atoms with van der Waals surface area (Å²) in [6.45, 7) is 6.88. The Kier molecular flexibility index (Phi) is 5.32. The number of nitrogens with one attached hydrogen (secondary N) is 2. The molecular formula is C22H27N6O3S+. The monoisotopic (exact) mass is 455 g/mol. The van der Waals surface area contributed by atoms with Crippen LogP contribution in [0.5, 0.6) is 0 Å². The van der Waals surface area contributed by atoms with Gasteiger partial charge < -0.3 is 4.42 Å². The van der Waals surface area contributed by atoms with Crippen LogP contribution in [0, 0.1) is 11.8 Å². The second-order valence-electron chi connectivity index (χ2n) is 8.76. The smallest absolute Gasteiger partial charge is 0.359 e. The Hall–Kier alpha value is -3.01. The fraction of sp³-hybridized carbons (Fsp3) is 0.455. The first-order valence-electron chi connectivity index (χ1n) is 10.9. The summed E-state index contributed by atoms with van der Waals surface area (Å²) in [4.78, 5) is 37.6. The Morgan fingerprint density at radius 3 is 2.69 bits per heavy atom. The fourth-order valence-electron chi connectivity index (χ4n) is 4.72. The highest BCUT2D eigenvalue weighted by Crippen LogP contribution is 2.26. The van der Waals surface area contributed by atoms with Crippen LogP contribution in [0.25, 0.3) is 22.3 Å². The van der Waals surface area contributed by atoms with Gasteiger partial charge in [-0.25, -0.2) is 19.3 Å². The molecule has 1 aliphatic rings. The first-order chi connectivity index (χ1) is 15.4. The van der Waals surface area contributed by atoms with Crippen LogP contribution >= 0.6 is 11.8 Å². The lowest BCUT2D eigenvalue weighted by atomic mass is 9.92. The van der Waals surface area contributed by atoms with Crippen molar-refractivity contribution in [3.8, 4) is 0 Å². The number of thioether (sulfide) groups is 1. The van der Waals surface area contributed by atoms with E-state index in [1.807, 2.05) is 28.8 Å². The molecule has 10 heteroatoms. The molecule has 0 aliphatic carbocycles. The topological polar surface area (TPSA) is 104 Å². The summed E-state index contributed by atoms with van der Waals surface area (Å²) < 4.78 is 9.27. The highest BCUT2D eigenvalue weighted by atomic mass is 32.2. The van der Waals surface area contributed by atoms with Crippen LogP contribution in [-0.4, -0.2) is 38.4 Å². The SMILES string of the molecule is CC1CC(C)CN(c2[nH]c3c(c(=O)[nH]c(=O)n3C)[n+]2CCSc2nc3ccccc3o2)C1. The second kappa shape index (κ2) is 8.16. The molecule has 4 aromatic rings. The van der Waals surface area contributed by atoms with Gasteiger partial charge in [-0.3, -0.25) is 19.2 Å². The Bertz CT molecular complexity index is 1360. The van der Waals surface area contributed by atoms with Gasteiger partial charge in [0.2, 0.25) is 11.2 Å². The van der Waals surface area contributed by atoms with Crippen molar-refractivity contribution >= 4 is 40.0 Å². The van der Waals surface area contributed by atoms with Gasteiger partial charge in [-0.15, -0.1) is 0 Å². The number of hydrogen-bond donors (Lipinski definition) is 2. The molecule has 0 saturated carbocycles. The molecule has 3 aromatic heterocycles. The molecule has 0 radical (unpaired) electrons. The summed E-state index contributed by atoms with van der Waals surface area (Å²) in [5.41, 5.74) is 1.80. The lowest BCUT2D eigenvalue weighted by Gasteiger charge is -2.31. The molecule has 2 unspecified atom stereocenters. The molecule has 1 saturated heterocycles. The molecule has 9 nitrogen and oxygen atoms in total. The standard InChI is InChI=1S/C22H26N6O3S/c1-13-10-14(2)12-27(11-13)20-24-18-17(19(29)25-21(30)26(18)3)28(20)8-9-32-22-23-15-6-4-5-7-16(15)31-22/h4-7,13-14H,8-12H2,1-3H3,(H,25,29,30)/p+1. The van der Waals surface area contributed by atoms with Crippen molar-refractivity contribution in [1.29, 1.82) is 0 Å². The third kappa shape index (κ3) is 3.72. The third-order valence-electron chi connectivity index (χ3n) is 6.04. The number of fused-ring (bicyclic) bond motifs is 2. The van der Waals surface area contributed by atoms with Crippen LogP contribution in [0.1, 0.15) is 20.3 Å². The average molecular weight is 456 g/mol. The van der Waals surface area contributed by atoms with Gasteiger partial charge in [0.1, 0.15) is 5.52 Å². The number of H-pyrrole nitrogens is 2. The van der Waals surface area contributed by atoms with Crippen molar-refractivity contribution in [3.05, 3.63) is 45.1 Å². The quantitative estimate of drug-likeness (QED) is 0.353. The first-order valence-corrected chi connectivity index (χ1v) is 11.9. The number of aromatic nitrogens is 5. The van der Waals surface area contributed by atoms with Gasteiger partial charge in [0.15, 0.2) is 5.58 Å². The summed E-state index contributed by atoms with van der Waals surface area (Å²) in [5.74, 6) is 2.63. The van der Waals surface area contributed by atoms with Gasteiger partial charge in [0.25, 0.3) is 10.8 Å². The van der Waals surface area contributed by atoms with Gasteiger partial charge in [0, 0.05) is 12.8 Å². The van der Waals surface area contributed by atoms with Crippen molar-refractivity contribution in [1.82, 2.24) is 19.5 Å². The zero-order valence-corrected chi connectivity index (χ0v) is 19.2. The van der Waals surface area contributed by atoms with Crippen molar-refractivity contribution < 1.29 is 8.98 Å². The molecule has 0 spiro atoms. The van der Waals surface area contributed by atoms with Gasteiger partial charge in [-0.2, -0.15) is 0 Å². The van der Waals surface area contributed by atoms with Gasteiger partial charge in [0.05, 0.1) is 19.6 Å². The lowest BCUT2D eigenvalue weighted by molar-refractivity contribution is -0.654. The number of benzene rings is 1. The summed E-state index contributed by atoms with van der Waals surface area (Å²) in [6.07, 6.45) is 1.18. The Balaban J connectivity index is 1.50. The van der Waals surface area contributed by atoms with E-state index in [1.54, 1.807) is 7.05 Å². The number of aryl methyl sites for hydroxylation is 2. The number of aromatic amines is 2. The van der Waals surface area contributed by atoms with E-state index in [2.05, 4.69) is 33.7 Å². The predicted molar refractivity (Wildman–Crippen MR) is 124 cm³/mol. The minimum atomic E-state index is -0.427. The number of rotatable bonds is 5. The number of piperidine rings is 1. The lowest BCUT2D eigenvalue weighted by Crippen LogP contribution is -2.49. The predicted octanol–water partition coefficient (Wildman–Crippen LogP) is 2.26. The van der Waals surface area contributed by atoms with Crippen molar-refractivity contribution in [2.45, 2.75) is 32.0 Å². The van der Waals surface area contributed by atoms with E-state index in [1.165, 1.54) is 22.7 Å².